The summed E-state index contributed by atoms with van der Waals surface area (Å²) in [5, 5.41) is 9.76. The smallest absolute Gasteiger partial charge is 0.379 e. The van der Waals surface area contributed by atoms with Gasteiger partial charge >= 0.3 is 5.97 Å². The monoisotopic (exact) mass is 250 g/mol. The van der Waals surface area contributed by atoms with Gasteiger partial charge in [0.05, 0.1) is 12.2 Å². The number of ether oxygens (including phenoxy) is 1. The molecule has 4 heteroatoms. The number of benzene rings is 1. The molecule has 0 fully saturated rings. The van der Waals surface area contributed by atoms with E-state index >= 15 is 0 Å². The minimum absolute atomic E-state index is 0.00255. The summed E-state index contributed by atoms with van der Waals surface area (Å²) in [4.78, 5) is 23.2. The molecule has 0 atom stereocenters. The van der Waals surface area contributed by atoms with Crippen LogP contribution in [0.5, 0.6) is 5.75 Å². The number of ketones is 1. The van der Waals surface area contributed by atoms with E-state index in [1.807, 2.05) is 20.8 Å². The Morgan fingerprint density at radius 3 is 2.44 bits per heavy atom. The van der Waals surface area contributed by atoms with Gasteiger partial charge in [-0.2, -0.15) is 0 Å². The van der Waals surface area contributed by atoms with Gasteiger partial charge < -0.3 is 9.84 Å². The Kier molecular flexibility index (Phi) is 4.48. The zero-order valence-electron chi connectivity index (χ0n) is 11.1. The molecule has 0 aliphatic rings. The van der Waals surface area contributed by atoms with E-state index < -0.39 is 11.8 Å². The van der Waals surface area contributed by atoms with Gasteiger partial charge in [-0.15, -0.1) is 0 Å². The number of rotatable bonds is 4. The molecule has 1 N–H and O–H groups in total. The fraction of sp³-hybridized carbons (Fsp3) is 0.429. The van der Waals surface area contributed by atoms with Gasteiger partial charge in [-0.3, -0.25) is 4.79 Å². The minimum atomic E-state index is -0.939. The minimum Gasteiger partial charge on any atom is -0.507 e. The number of aryl methyl sites for hydroxylation is 1. The summed E-state index contributed by atoms with van der Waals surface area (Å²) in [7, 11) is 0. The van der Waals surface area contributed by atoms with Crippen LogP contribution in [-0.2, 0) is 9.53 Å². The third kappa shape index (κ3) is 2.88. The molecule has 0 saturated heterocycles. The van der Waals surface area contributed by atoms with E-state index in [2.05, 4.69) is 4.74 Å². The van der Waals surface area contributed by atoms with Crippen molar-refractivity contribution in [3.8, 4) is 5.75 Å². The van der Waals surface area contributed by atoms with E-state index in [-0.39, 0.29) is 23.8 Å². The molecule has 0 radical (unpaired) electrons. The van der Waals surface area contributed by atoms with Crippen molar-refractivity contribution in [3.63, 3.8) is 0 Å². The Bertz CT molecular complexity index is 475. The highest BCUT2D eigenvalue weighted by Gasteiger charge is 2.22. The van der Waals surface area contributed by atoms with Crippen LogP contribution in [0, 0.1) is 6.92 Å². The number of esters is 1. The third-order valence-corrected chi connectivity index (χ3v) is 2.71. The predicted molar refractivity (Wildman–Crippen MR) is 67.9 cm³/mol. The normalized spacial score (nSPS) is 10.5. The number of hydrogen-bond acceptors (Lipinski definition) is 4. The Morgan fingerprint density at radius 2 is 1.94 bits per heavy atom. The summed E-state index contributed by atoms with van der Waals surface area (Å²) < 4.78 is 4.64. The molecule has 0 aliphatic carbocycles. The largest absolute Gasteiger partial charge is 0.507 e. The Labute approximate surface area is 107 Å². The van der Waals surface area contributed by atoms with E-state index in [9.17, 15) is 14.7 Å². The number of hydrogen-bond donors (Lipinski definition) is 1. The molecule has 0 saturated carbocycles. The average molecular weight is 250 g/mol. The first-order valence-electron chi connectivity index (χ1n) is 5.93. The van der Waals surface area contributed by atoms with Crippen molar-refractivity contribution in [2.24, 2.45) is 0 Å². The molecule has 0 aliphatic heterocycles. The van der Waals surface area contributed by atoms with Gasteiger partial charge in [0.25, 0.3) is 5.78 Å². The molecule has 0 unspecified atom stereocenters. The number of phenols is 1. The van der Waals surface area contributed by atoms with E-state index in [0.29, 0.717) is 0 Å². The summed E-state index contributed by atoms with van der Waals surface area (Å²) in [5.41, 5.74) is 1.83. The Hall–Kier alpha value is -1.84. The van der Waals surface area contributed by atoms with Crippen LogP contribution in [0.1, 0.15) is 48.2 Å². The van der Waals surface area contributed by atoms with Crippen molar-refractivity contribution < 1.29 is 19.4 Å². The molecule has 98 valence electrons. The number of phenolic OH excluding ortho intramolecular Hbond substituents is 1. The summed E-state index contributed by atoms with van der Waals surface area (Å²) in [6.07, 6.45) is 0. The van der Waals surface area contributed by atoms with Crippen molar-refractivity contribution >= 4 is 11.8 Å². The molecule has 0 amide bonds. The lowest BCUT2D eigenvalue weighted by Crippen LogP contribution is -2.18. The first kappa shape index (κ1) is 14.2. The fourth-order valence-electron chi connectivity index (χ4n) is 1.82. The highest BCUT2D eigenvalue weighted by Crippen LogP contribution is 2.27. The van der Waals surface area contributed by atoms with E-state index in [4.69, 9.17) is 0 Å². The van der Waals surface area contributed by atoms with Gasteiger partial charge in [0.2, 0.25) is 0 Å². The molecular formula is C14H18O4. The topological polar surface area (TPSA) is 63.6 Å². The van der Waals surface area contributed by atoms with Gasteiger partial charge in [-0.25, -0.2) is 4.79 Å². The molecule has 0 spiro atoms. The van der Waals surface area contributed by atoms with Crippen LogP contribution in [-0.4, -0.2) is 23.5 Å². The molecule has 1 rings (SSSR count). The van der Waals surface area contributed by atoms with Crippen molar-refractivity contribution in [2.45, 2.75) is 33.6 Å². The van der Waals surface area contributed by atoms with Gasteiger partial charge in [0, 0.05) is 0 Å². The number of Topliss-reactive ketones (excluding diaryl/α,β-unsaturated/α-hetero) is 1. The zero-order valence-corrected chi connectivity index (χ0v) is 11.1. The lowest BCUT2D eigenvalue weighted by molar-refractivity contribution is -0.137. The maximum atomic E-state index is 11.8. The summed E-state index contributed by atoms with van der Waals surface area (Å²) in [5.74, 6) is -1.73. The summed E-state index contributed by atoms with van der Waals surface area (Å²) in [6, 6.07) is 3.07. The number of carbonyl (C=O) groups is 2. The van der Waals surface area contributed by atoms with E-state index in [1.54, 1.807) is 13.0 Å². The standard InChI is InChI=1S/C14H18O4/c1-5-18-14(17)13(16)11-7-10(8(2)3)9(4)6-12(11)15/h6-8,15H,5H2,1-4H3. The van der Waals surface area contributed by atoms with Gasteiger partial charge in [0.15, 0.2) is 0 Å². The van der Waals surface area contributed by atoms with Crippen LogP contribution >= 0.6 is 0 Å². The van der Waals surface area contributed by atoms with Crippen molar-refractivity contribution in [1.82, 2.24) is 0 Å². The van der Waals surface area contributed by atoms with Crippen LogP contribution in [0.25, 0.3) is 0 Å². The van der Waals surface area contributed by atoms with Crippen LogP contribution in [0.2, 0.25) is 0 Å². The molecule has 1 aromatic carbocycles. The maximum absolute atomic E-state index is 11.8. The molecule has 18 heavy (non-hydrogen) atoms. The van der Waals surface area contributed by atoms with Crippen LogP contribution in [0.15, 0.2) is 12.1 Å². The summed E-state index contributed by atoms with van der Waals surface area (Å²) in [6.45, 7) is 7.58. The lowest BCUT2D eigenvalue weighted by atomic mass is 9.94. The van der Waals surface area contributed by atoms with E-state index in [0.717, 1.165) is 11.1 Å². The SMILES string of the molecule is CCOC(=O)C(=O)c1cc(C(C)C)c(C)cc1O. The molecule has 0 heterocycles. The van der Waals surface area contributed by atoms with Gasteiger partial charge in [0.1, 0.15) is 5.75 Å². The number of aromatic hydroxyl groups is 1. The van der Waals surface area contributed by atoms with E-state index in [1.165, 1.54) is 6.07 Å². The third-order valence-electron chi connectivity index (χ3n) is 2.71. The van der Waals surface area contributed by atoms with Crippen molar-refractivity contribution in [1.29, 1.82) is 0 Å². The highest BCUT2D eigenvalue weighted by molar-refractivity contribution is 6.41. The summed E-state index contributed by atoms with van der Waals surface area (Å²) >= 11 is 0. The second-order valence-electron chi connectivity index (χ2n) is 4.43. The molecule has 1 aromatic rings. The first-order chi connectivity index (χ1) is 8.38. The van der Waals surface area contributed by atoms with Gasteiger partial charge in [-0.1, -0.05) is 13.8 Å². The molecule has 4 nitrogen and oxygen atoms in total. The Morgan fingerprint density at radius 1 is 1.33 bits per heavy atom. The van der Waals surface area contributed by atoms with Crippen LogP contribution < -0.4 is 0 Å². The fourth-order valence-corrected chi connectivity index (χ4v) is 1.82. The van der Waals surface area contributed by atoms with Crippen molar-refractivity contribution in [2.75, 3.05) is 6.61 Å². The maximum Gasteiger partial charge on any atom is 0.379 e. The zero-order chi connectivity index (χ0) is 13.9. The highest BCUT2D eigenvalue weighted by atomic mass is 16.5. The quantitative estimate of drug-likeness (QED) is 0.507. The second-order valence-corrected chi connectivity index (χ2v) is 4.43. The lowest BCUT2D eigenvalue weighted by Gasteiger charge is -2.12. The number of carbonyl (C=O) groups excluding carboxylic acids is 2. The van der Waals surface area contributed by atoms with Crippen LogP contribution in [0.4, 0.5) is 0 Å². The molecular weight excluding hydrogens is 232 g/mol. The molecule has 0 aromatic heterocycles. The van der Waals surface area contributed by atoms with Gasteiger partial charge in [-0.05, 0) is 43.0 Å². The predicted octanol–water partition coefficient (Wildman–Crippen LogP) is 2.57. The molecule has 0 bridgehead atoms. The first-order valence-corrected chi connectivity index (χ1v) is 5.93. The van der Waals surface area contributed by atoms with Crippen molar-refractivity contribution in [3.05, 3.63) is 28.8 Å². The second kappa shape index (κ2) is 5.67. The Balaban J connectivity index is 3.20. The van der Waals surface area contributed by atoms with Crippen LogP contribution in [0.3, 0.4) is 0 Å². The average Bonchev–Trinajstić information content (AvgIpc) is 2.28.